The van der Waals surface area contributed by atoms with Crippen LogP contribution in [-0.4, -0.2) is 53.1 Å². The highest BCUT2D eigenvalue weighted by Gasteiger charge is 2.21. The van der Waals surface area contributed by atoms with Gasteiger partial charge in [0.15, 0.2) is 0 Å². The third-order valence-electron chi connectivity index (χ3n) is 4.45. The van der Waals surface area contributed by atoms with Crippen LogP contribution in [0.2, 0.25) is 0 Å². The monoisotopic (exact) mass is 339 g/mol. The maximum atomic E-state index is 5.44. The Balaban J connectivity index is 1.76. The largest absolute Gasteiger partial charge is 0.495 e. The van der Waals surface area contributed by atoms with Gasteiger partial charge in [-0.25, -0.2) is 4.98 Å². The Morgan fingerprint density at radius 1 is 1.16 bits per heavy atom. The first-order chi connectivity index (χ1) is 12.2. The number of hydrogen-bond donors (Lipinski definition) is 0. The van der Waals surface area contributed by atoms with Gasteiger partial charge in [0.2, 0.25) is 0 Å². The van der Waals surface area contributed by atoms with Crippen LogP contribution in [0.25, 0.3) is 5.70 Å². The van der Waals surface area contributed by atoms with Gasteiger partial charge in [-0.2, -0.15) is 0 Å². The van der Waals surface area contributed by atoms with Crippen LogP contribution in [0.5, 0.6) is 5.75 Å². The van der Waals surface area contributed by atoms with Crippen LogP contribution in [0.3, 0.4) is 0 Å². The van der Waals surface area contributed by atoms with Gasteiger partial charge in [-0.1, -0.05) is 13.0 Å². The number of allylic oxidation sites excluding steroid dienone is 1. The molecule has 132 valence electrons. The van der Waals surface area contributed by atoms with Gasteiger partial charge in [0.1, 0.15) is 11.6 Å². The number of nitrogens with zero attached hydrogens (tertiary/aromatic N) is 5. The van der Waals surface area contributed by atoms with E-state index < -0.39 is 0 Å². The minimum Gasteiger partial charge on any atom is -0.495 e. The van der Waals surface area contributed by atoms with E-state index in [1.54, 1.807) is 19.5 Å². The summed E-state index contributed by atoms with van der Waals surface area (Å²) in [5.74, 6) is 1.78. The molecule has 3 rings (SSSR count). The molecule has 0 aliphatic carbocycles. The van der Waals surface area contributed by atoms with Gasteiger partial charge in [0.05, 0.1) is 19.0 Å². The van der Waals surface area contributed by atoms with Crippen molar-refractivity contribution in [2.24, 2.45) is 0 Å². The molecule has 0 bridgehead atoms. The lowest BCUT2D eigenvalue weighted by Gasteiger charge is -2.38. The number of piperazine rings is 1. The summed E-state index contributed by atoms with van der Waals surface area (Å²) < 4.78 is 5.44. The molecule has 2 aromatic rings. The number of hydrogen-bond acceptors (Lipinski definition) is 6. The number of aryl methyl sites for hydroxylation is 1. The highest BCUT2D eigenvalue weighted by atomic mass is 16.5. The molecule has 0 aromatic carbocycles. The third-order valence-corrected chi connectivity index (χ3v) is 4.45. The Bertz CT molecular complexity index is 724. The molecule has 0 atom stereocenters. The first-order valence-electron chi connectivity index (χ1n) is 8.70. The average molecular weight is 339 g/mol. The summed E-state index contributed by atoms with van der Waals surface area (Å²) in [5, 5.41) is 0. The first kappa shape index (κ1) is 17.2. The van der Waals surface area contributed by atoms with Gasteiger partial charge in [-0.05, 0) is 19.4 Å². The van der Waals surface area contributed by atoms with Crippen molar-refractivity contribution < 1.29 is 4.74 Å². The Morgan fingerprint density at radius 3 is 2.60 bits per heavy atom. The standard InChI is InChI=1S/C19H25N5O/c1-4-5-17(16-12-18(25-3)15(2)22-13-16)23-8-10-24(11-9-23)19-14-20-6-7-21-19/h5-7,12-14H,4,8-11H2,1-3H3/b17-5-. The van der Waals surface area contributed by atoms with Gasteiger partial charge >= 0.3 is 0 Å². The number of methoxy groups -OCH3 is 1. The SMILES string of the molecule is CC/C=C(/c1cnc(C)c(OC)c1)N1CCN(c2cnccn2)CC1. The maximum absolute atomic E-state index is 5.44. The fraction of sp³-hybridized carbons (Fsp3) is 0.421. The summed E-state index contributed by atoms with van der Waals surface area (Å²) in [4.78, 5) is 17.8. The molecule has 6 nitrogen and oxygen atoms in total. The van der Waals surface area contributed by atoms with Crippen LogP contribution in [0.15, 0.2) is 36.9 Å². The molecule has 6 heteroatoms. The molecular formula is C19H25N5O. The molecule has 1 aliphatic heterocycles. The second-order valence-corrected chi connectivity index (χ2v) is 6.05. The van der Waals surface area contributed by atoms with Crippen molar-refractivity contribution in [3.8, 4) is 5.75 Å². The lowest BCUT2D eigenvalue weighted by molar-refractivity contribution is 0.364. The Morgan fingerprint density at radius 2 is 1.96 bits per heavy atom. The van der Waals surface area contributed by atoms with Crippen LogP contribution >= 0.6 is 0 Å². The number of anilines is 1. The van der Waals surface area contributed by atoms with Gasteiger partial charge < -0.3 is 14.5 Å². The molecule has 1 fully saturated rings. The highest BCUT2D eigenvalue weighted by Crippen LogP contribution is 2.26. The second kappa shape index (κ2) is 7.96. The number of pyridine rings is 1. The Hall–Kier alpha value is -2.63. The molecule has 0 N–H and O–H groups in total. The zero-order valence-corrected chi connectivity index (χ0v) is 15.1. The average Bonchev–Trinajstić information content (AvgIpc) is 2.68. The summed E-state index contributed by atoms with van der Waals surface area (Å²) in [6, 6.07) is 2.08. The quantitative estimate of drug-likeness (QED) is 0.835. The molecule has 0 amide bonds. The molecule has 3 heterocycles. The van der Waals surface area contributed by atoms with E-state index in [4.69, 9.17) is 4.74 Å². The smallest absolute Gasteiger partial charge is 0.147 e. The van der Waals surface area contributed by atoms with E-state index in [2.05, 4.69) is 43.8 Å². The van der Waals surface area contributed by atoms with Crippen molar-refractivity contribution in [1.82, 2.24) is 19.9 Å². The molecule has 0 unspecified atom stereocenters. The van der Waals surface area contributed by atoms with E-state index in [0.717, 1.165) is 55.4 Å². The number of rotatable bonds is 5. The minimum absolute atomic E-state index is 0.831. The molecule has 25 heavy (non-hydrogen) atoms. The highest BCUT2D eigenvalue weighted by molar-refractivity contribution is 5.65. The van der Waals surface area contributed by atoms with Crippen molar-refractivity contribution in [2.45, 2.75) is 20.3 Å². The van der Waals surface area contributed by atoms with Gasteiger partial charge in [-0.15, -0.1) is 0 Å². The van der Waals surface area contributed by atoms with Crippen molar-refractivity contribution in [1.29, 1.82) is 0 Å². The molecule has 1 aliphatic rings. The van der Waals surface area contributed by atoms with Crippen LogP contribution in [0.1, 0.15) is 24.6 Å². The van der Waals surface area contributed by atoms with E-state index in [1.807, 2.05) is 19.3 Å². The fourth-order valence-corrected chi connectivity index (χ4v) is 3.11. The molecule has 0 spiro atoms. The van der Waals surface area contributed by atoms with E-state index in [0.29, 0.717) is 0 Å². The van der Waals surface area contributed by atoms with Crippen molar-refractivity contribution in [3.05, 3.63) is 48.2 Å². The minimum atomic E-state index is 0.831. The van der Waals surface area contributed by atoms with E-state index in [1.165, 1.54) is 5.70 Å². The maximum Gasteiger partial charge on any atom is 0.147 e. The lowest BCUT2D eigenvalue weighted by atomic mass is 10.1. The van der Waals surface area contributed by atoms with E-state index in [-0.39, 0.29) is 0 Å². The summed E-state index contributed by atoms with van der Waals surface area (Å²) in [5.41, 5.74) is 3.25. The van der Waals surface area contributed by atoms with Crippen LogP contribution in [0.4, 0.5) is 5.82 Å². The normalized spacial score (nSPS) is 15.4. The molecule has 0 radical (unpaired) electrons. The molecular weight excluding hydrogens is 314 g/mol. The lowest BCUT2D eigenvalue weighted by Crippen LogP contribution is -2.45. The number of aromatic nitrogens is 3. The van der Waals surface area contributed by atoms with Gasteiger partial charge in [-0.3, -0.25) is 9.97 Å². The number of ether oxygens (including phenoxy) is 1. The predicted octanol–water partition coefficient (Wildman–Crippen LogP) is 2.76. The molecule has 0 saturated carbocycles. The van der Waals surface area contributed by atoms with Crippen molar-refractivity contribution >= 4 is 11.5 Å². The van der Waals surface area contributed by atoms with Crippen LogP contribution in [0, 0.1) is 6.92 Å². The summed E-state index contributed by atoms with van der Waals surface area (Å²) in [6.07, 6.45) is 10.5. The molecule has 2 aromatic heterocycles. The fourth-order valence-electron chi connectivity index (χ4n) is 3.11. The summed E-state index contributed by atoms with van der Waals surface area (Å²) in [6.45, 7) is 7.86. The Labute approximate surface area is 149 Å². The molecule has 1 saturated heterocycles. The first-order valence-corrected chi connectivity index (χ1v) is 8.70. The van der Waals surface area contributed by atoms with Crippen LogP contribution < -0.4 is 9.64 Å². The Kier molecular flexibility index (Phi) is 5.48. The van der Waals surface area contributed by atoms with Gasteiger partial charge in [0.25, 0.3) is 0 Å². The van der Waals surface area contributed by atoms with E-state index in [9.17, 15) is 0 Å². The zero-order valence-electron chi connectivity index (χ0n) is 15.1. The predicted molar refractivity (Wildman–Crippen MR) is 99.6 cm³/mol. The van der Waals surface area contributed by atoms with E-state index >= 15 is 0 Å². The van der Waals surface area contributed by atoms with Gasteiger partial charge in [0, 0.05) is 56.0 Å². The summed E-state index contributed by atoms with van der Waals surface area (Å²) in [7, 11) is 1.69. The second-order valence-electron chi connectivity index (χ2n) is 6.05. The zero-order chi connectivity index (χ0) is 17.6. The van der Waals surface area contributed by atoms with Crippen LogP contribution in [-0.2, 0) is 0 Å². The summed E-state index contributed by atoms with van der Waals surface area (Å²) >= 11 is 0. The van der Waals surface area contributed by atoms with Crippen molar-refractivity contribution in [2.75, 3.05) is 38.2 Å². The third kappa shape index (κ3) is 3.90. The topological polar surface area (TPSA) is 54.4 Å². The van der Waals surface area contributed by atoms with Crippen molar-refractivity contribution in [3.63, 3.8) is 0 Å².